The van der Waals surface area contributed by atoms with Gasteiger partial charge in [0.25, 0.3) is 5.91 Å². The number of rotatable bonds is 6. The van der Waals surface area contributed by atoms with Gasteiger partial charge in [-0.2, -0.15) is 0 Å². The molecule has 3 nitrogen and oxygen atoms in total. The monoisotopic (exact) mass is 381 g/mol. The maximum Gasteiger partial charge on any atom is 0.254 e. The van der Waals surface area contributed by atoms with Crippen LogP contribution in [0.1, 0.15) is 28.6 Å². The molecule has 0 saturated heterocycles. The molecule has 3 heteroatoms. The number of benzene rings is 3. The van der Waals surface area contributed by atoms with Crippen molar-refractivity contribution in [3.8, 4) is 0 Å². The maximum atomic E-state index is 13.4. The van der Waals surface area contributed by atoms with Crippen LogP contribution in [0.4, 0.5) is 0 Å². The molecule has 1 heterocycles. The Morgan fingerprint density at radius 2 is 1.66 bits per heavy atom. The Labute approximate surface area is 170 Å². The molecule has 0 aliphatic carbocycles. The summed E-state index contributed by atoms with van der Waals surface area (Å²) in [5, 5.41) is 2.19. The van der Waals surface area contributed by atoms with Crippen molar-refractivity contribution in [1.82, 2.24) is 4.90 Å². The van der Waals surface area contributed by atoms with Crippen molar-refractivity contribution in [3.63, 3.8) is 0 Å². The zero-order chi connectivity index (χ0) is 20.1. The molecule has 144 valence electrons. The van der Waals surface area contributed by atoms with Crippen molar-refractivity contribution in [2.75, 3.05) is 6.54 Å². The number of nitrogens with zero attached hydrogens (tertiary/aromatic N) is 1. The first-order valence-corrected chi connectivity index (χ1v) is 9.72. The minimum atomic E-state index is -0.00651. The average Bonchev–Trinajstić information content (AvgIpc) is 3.26. The van der Waals surface area contributed by atoms with Gasteiger partial charge in [-0.25, -0.2) is 0 Å². The van der Waals surface area contributed by atoms with E-state index in [9.17, 15) is 4.79 Å². The van der Waals surface area contributed by atoms with Gasteiger partial charge in [0, 0.05) is 12.1 Å². The van der Waals surface area contributed by atoms with Crippen molar-refractivity contribution in [2.45, 2.75) is 13.5 Å². The molecule has 0 spiro atoms. The third-order valence-electron chi connectivity index (χ3n) is 4.86. The highest BCUT2D eigenvalue weighted by Gasteiger charge is 2.18. The van der Waals surface area contributed by atoms with E-state index in [-0.39, 0.29) is 5.91 Å². The summed E-state index contributed by atoms with van der Waals surface area (Å²) in [5.41, 5.74) is 2.92. The highest BCUT2D eigenvalue weighted by molar-refractivity contribution is 5.98. The fourth-order valence-corrected chi connectivity index (χ4v) is 3.48. The van der Waals surface area contributed by atoms with Crippen molar-refractivity contribution < 1.29 is 9.21 Å². The molecule has 4 rings (SSSR count). The zero-order valence-corrected chi connectivity index (χ0v) is 16.4. The van der Waals surface area contributed by atoms with Gasteiger partial charge in [-0.1, -0.05) is 72.3 Å². The van der Waals surface area contributed by atoms with Gasteiger partial charge in [-0.3, -0.25) is 4.79 Å². The zero-order valence-electron chi connectivity index (χ0n) is 16.4. The lowest BCUT2D eigenvalue weighted by molar-refractivity contribution is 0.0748. The highest BCUT2D eigenvalue weighted by atomic mass is 16.3. The van der Waals surface area contributed by atoms with Gasteiger partial charge in [-0.05, 0) is 47.5 Å². The summed E-state index contributed by atoms with van der Waals surface area (Å²) in [5.74, 6) is 0.764. The molecule has 3 aromatic carbocycles. The lowest BCUT2D eigenvalue weighted by Crippen LogP contribution is -2.32. The second-order valence-electron chi connectivity index (χ2n) is 7.20. The van der Waals surface area contributed by atoms with E-state index in [0.29, 0.717) is 18.7 Å². The normalized spacial score (nSPS) is 11.6. The van der Waals surface area contributed by atoms with E-state index in [1.807, 2.05) is 71.6 Å². The van der Waals surface area contributed by atoms with E-state index in [1.54, 1.807) is 6.26 Å². The van der Waals surface area contributed by atoms with E-state index in [1.165, 1.54) is 0 Å². The summed E-state index contributed by atoms with van der Waals surface area (Å²) in [6, 6.07) is 27.8. The molecule has 0 fully saturated rings. The molecule has 0 radical (unpaired) electrons. The predicted octanol–water partition coefficient (Wildman–Crippen LogP) is 6.18. The van der Waals surface area contributed by atoms with E-state index in [0.717, 1.165) is 27.7 Å². The average molecular weight is 381 g/mol. The lowest BCUT2D eigenvalue weighted by atomic mass is 10.1. The number of furan rings is 1. The Hall–Kier alpha value is -3.59. The summed E-state index contributed by atoms with van der Waals surface area (Å²) < 4.78 is 5.51. The van der Waals surface area contributed by atoms with Crippen LogP contribution >= 0.6 is 0 Å². The quantitative estimate of drug-likeness (QED) is 0.400. The fourth-order valence-electron chi connectivity index (χ4n) is 3.48. The molecule has 1 amide bonds. The van der Waals surface area contributed by atoms with Gasteiger partial charge in [0.05, 0.1) is 12.8 Å². The SMILES string of the molecule is C/C(=C\c1ccccc1)CN(Cc1ccco1)C(=O)c1ccc2ccccc2c1. The minimum Gasteiger partial charge on any atom is -0.467 e. The van der Waals surface area contributed by atoms with Crippen LogP contribution in [0.15, 0.2) is 101 Å². The van der Waals surface area contributed by atoms with Crippen LogP contribution in [0.5, 0.6) is 0 Å². The van der Waals surface area contributed by atoms with Crippen LogP contribution < -0.4 is 0 Å². The second kappa shape index (κ2) is 8.61. The molecular weight excluding hydrogens is 358 g/mol. The van der Waals surface area contributed by atoms with Gasteiger partial charge in [0.15, 0.2) is 0 Å². The third kappa shape index (κ3) is 4.64. The molecule has 0 saturated carbocycles. The third-order valence-corrected chi connectivity index (χ3v) is 4.86. The first-order valence-electron chi connectivity index (χ1n) is 9.72. The second-order valence-corrected chi connectivity index (χ2v) is 7.20. The van der Waals surface area contributed by atoms with Gasteiger partial charge >= 0.3 is 0 Å². The van der Waals surface area contributed by atoms with Crippen LogP contribution in [0.25, 0.3) is 16.8 Å². The molecule has 0 aliphatic rings. The number of fused-ring (bicyclic) bond motifs is 1. The molecular formula is C26H23NO2. The Morgan fingerprint density at radius 3 is 2.41 bits per heavy atom. The minimum absolute atomic E-state index is 0.00651. The van der Waals surface area contributed by atoms with Gasteiger partial charge < -0.3 is 9.32 Å². The molecule has 0 bridgehead atoms. The topological polar surface area (TPSA) is 33.5 Å². The molecule has 1 aromatic heterocycles. The smallest absolute Gasteiger partial charge is 0.254 e. The first-order chi connectivity index (χ1) is 14.2. The van der Waals surface area contributed by atoms with E-state index >= 15 is 0 Å². The van der Waals surface area contributed by atoms with E-state index < -0.39 is 0 Å². The van der Waals surface area contributed by atoms with Crippen LogP contribution in [-0.4, -0.2) is 17.4 Å². The number of hydrogen-bond donors (Lipinski definition) is 0. The molecule has 0 aliphatic heterocycles. The van der Waals surface area contributed by atoms with Crippen molar-refractivity contribution >= 4 is 22.8 Å². The highest BCUT2D eigenvalue weighted by Crippen LogP contribution is 2.19. The number of carbonyl (C=O) groups excluding carboxylic acids is 1. The van der Waals surface area contributed by atoms with Crippen molar-refractivity contribution in [1.29, 1.82) is 0 Å². The van der Waals surface area contributed by atoms with E-state index in [4.69, 9.17) is 4.42 Å². The molecule has 0 unspecified atom stereocenters. The molecule has 29 heavy (non-hydrogen) atoms. The van der Waals surface area contributed by atoms with Crippen LogP contribution in [0.3, 0.4) is 0 Å². The predicted molar refractivity (Wildman–Crippen MR) is 117 cm³/mol. The fraction of sp³-hybridized carbons (Fsp3) is 0.115. The first kappa shape index (κ1) is 18.8. The maximum absolute atomic E-state index is 13.4. The molecule has 0 N–H and O–H groups in total. The summed E-state index contributed by atoms with van der Waals surface area (Å²) >= 11 is 0. The summed E-state index contributed by atoms with van der Waals surface area (Å²) in [6.45, 7) is 3.01. The standard InChI is InChI=1S/C26H23NO2/c1-20(16-21-8-3-2-4-9-21)18-27(19-25-12-7-15-29-25)26(28)24-14-13-22-10-5-6-11-23(22)17-24/h2-17H,18-19H2,1H3/b20-16+. The number of carbonyl (C=O) groups is 1. The summed E-state index contributed by atoms with van der Waals surface area (Å²) in [4.78, 5) is 15.2. The largest absolute Gasteiger partial charge is 0.467 e. The summed E-state index contributed by atoms with van der Waals surface area (Å²) in [6.07, 6.45) is 3.75. The Balaban J connectivity index is 1.61. The lowest BCUT2D eigenvalue weighted by Gasteiger charge is -2.22. The Kier molecular flexibility index (Phi) is 5.57. The molecule has 0 atom stereocenters. The Bertz CT molecular complexity index is 1130. The number of hydrogen-bond acceptors (Lipinski definition) is 2. The van der Waals surface area contributed by atoms with E-state index in [2.05, 4.69) is 31.2 Å². The van der Waals surface area contributed by atoms with Crippen LogP contribution in [0, 0.1) is 0 Å². The van der Waals surface area contributed by atoms with Gasteiger partial charge in [0.1, 0.15) is 5.76 Å². The van der Waals surface area contributed by atoms with Gasteiger partial charge in [-0.15, -0.1) is 0 Å². The van der Waals surface area contributed by atoms with Crippen molar-refractivity contribution in [2.24, 2.45) is 0 Å². The van der Waals surface area contributed by atoms with Crippen molar-refractivity contribution in [3.05, 3.63) is 114 Å². The van der Waals surface area contributed by atoms with Crippen LogP contribution in [0.2, 0.25) is 0 Å². The van der Waals surface area contributed by atoms with Gasteiger partial charge in [0.2, 0.25) is 0 Å². The number of amides is 1. The summed E-state index contributed by atoms with van der Waals surface area (Å²) in [7, 11) is 0. The Morgan fingerprint density at radius 1 is 0.897 bits per heavy atom. The molecule has 4 aromatic rings. The van der Waals surface area contributed by atoms with Crippen LogP contribution in [-0.2, 0) is 6.54 Å².